The lowest BCUT2D eigenvalue weighted by Gasteiger charge is -2.34. The van der Waals surface area contributed by atoms with Gasteiger partial charge in [-0.2, -0.15) is 0 Å². The van der Waals surface area contributed by atoms with Gasteiger partial charge in [-0.25, -0.2) is 9.97 Å². The summed E-state index contributed by atoms with van der Waals surface area (Å²) in [6.07, 6.45) is 3.30. The van der Waals surface area contributed by atoms with E-state index in [-0.39, 0.29) is 11.8 Å². The number of carbonyl (C=O) groups excluding carboxylic acids is 1. The van der Waals surface area contributed by atoms with Crippen LogP contribution in [0.5, 0.6) is 0 Å². The third-order valence-electron chi connectivity index (χ3n) is 2.91. The maximum Gasteiger partial charge on any atom is 0.223 e. The Labute approximate surface area is 94.7 Å². The minimum Gasteiger partial charge on any atom is -0.367 e. The van der Waals surface area contributed by atoms with E-state index in [1.807, 2.05) is 13.0 Å². The Hall–Kier alpha value is -1.65. The number of nitrogens with one attached hydrogen (secondary N) is 2. The molecule has 16 heavy (non-hydrogen) atoms. The van der Waals surface area contributed by atoms with Crippen LogP contribution in [0.15, 0.2) is 12.4 Å². The highest BCUT2D eigenvalue weighted by Crippen LogP contribution is 2.29. The molecule has 86 valence electrons. The van der Waals surface area contributed by atoms with Gasteiger partial charge in [0, 0.05) is 30.8 Å². The van der Waals surface area contributed by atoms with Gasteiger partial charge in [-0.05, 0) is 19.8 Å². The Morgan fingerprint density at radius 3 is 2.81 bits per heavy atom. The van der Waals surface area contributed by atoms with Gasteiger partial charge < -0.3 is 10.6 Å². The van der Waals surface area contributed by atoms with E-state index in [1.165, 1.54) is 0 Å². The summed E-state index contributed by atoms with van der Waals surface area (Å²) in [4.78, 5) is 19.4. The highest BCUT2D eigenvalue weighted by atomic mass is 16.1. The zero-order valence-corrected chi connectivity index (χ0v) is 9.53. The van der Waals surface area contributed by atoms with Crippen molar-refractivity contribution in [2.24, 2.45) is 5.92 Å². The molecule has 2 N–H and O–H groups in total. The van der Waals surface area contributed by atoms with Crippen molar-refractivity contribution in [2.75, 3.05) is 12.4 Å². The lowest BCUT2D eigenvalue weighted by molar-refractivity contribution is -0.127. The van der Waals surface area contributed by atoms with Crippen LogP contribution in [0.25, 0.3) is 0 Å². The fraction of sp³-hybridized carbons (Fsp3) is 0.545. The summed E-state index contributed by atoms with van der Waals surface area (Å²) in [5, 5.41) is 5.97. The van der Waals surface area contributed by atoms with Gasteiger partial charge in [-0.1, -0.05) is 0 Å². The number of aromatic nitrogens is 2. The molecule has 1 amide bonds. The lowest BCUT2D eigenvalue weighted by atomic mass is 9.79. The maximum atomic E-state index is 11.3. The number of aryl methyl sites for hydroxylation is 1. The summed E-state index contributed by atoms with van der Waals surface area (Å²) in [6, 6.07) is 2.27. The molecule has 1 heterocycles. The zero-order chi connectivity index (χ0) is 11.5. The molecule has 0 bridgehead atoms. The second-order valence-electron chi connectivity index (χ2n) is 4.17. The van der Waals surface area contributed by atoms with Crippen LogP contribution in [0, 0.1) is 12.8 Å². The summed E-state index contributed by atoms with van der Waals surface area (Å²) in [5.74, 6) is 1.13. The van der Waals surface area contributed by atoms with Gasteiger partial charge in [0.15, 0.2) is 0 Å². The number of anilines is 1. The van der Waals surface area contributed by atoms with Crippen LogP contribution in [0.4, 0.5) is 5.82 Å². The number of nitrogens with zero attached hydrogens (tertiary/aromatic N) is 2. The maximum absolute atomic E-state index is 11.3. The molecule has 0 saturated heterocycles. The summed E-state index contributed by atoms with van der Waals surface area (Å²) in [6.45, 7) is 1.93. The quantitative estimate of drug-likeness (QED) is 0.787. The summed E-state index contributed by atoms with van der Waals surface area (Å²) in [5.41, 5.74) is 0.944. The standard InChI is InChI=1S/C11H16N4O/c1-7-3-10(14-6-13-7)15-9-4-8(5-9)11(16)12-2/h3,6,8-9H,4-5H2,1-2H3,(H,12,16)(H,13,14,15)/t8-,9+. The van der Waals surface area contributed by atoms with Gasteiger partial charge in [0.2, 0.25) is 5.91 Å². The van der Waals surface area contributed by atoms with E-state index >= 15 is 0 Å². The summed E-state index contributed by atoms with van der Waals surface area (Å²) in [7, 11) is 1.68. The predicted molar refractivity (Wildman–Crippen MR) is 61.0 cm³/mol. The predicted octanol–water partition coefficient (Wildman–Crippen LogP) is 0.722. The monoisotopic (exact) mass is 220 g/mol. The van der Waals surface area contributed by atoms with Crippen LogP contribution in [0.1, 0.15) is 18.5 Å². The first-order valence-corrected chi connectivity index (χ1v) is 5.46. The van der Waals surface area contributed by atoms with E-state index in [1.54, 1.807) is 13.4 Å². The van der Waals surface area contributed by atoms with E-state index in [0.717, 1.165) is 24.4 Å². The Kier molecular flexibility index (Phi) is 3.03. The number of amides is 1. The lowest BCUT2D eigenvalue weighted by Crippen LogP contribution is -2.43. The third kappa shape index (κ3) is 2.29. The molecular weight excluding hydrogens is 204 g/mol. The minimum absolute atomic E-state index is 0.136. The van der Waals surface area contributed by atoms with Crippen molar-refractivity contribution in [2.45, 2.75) is 25.8 Å². The van der Waals surface area contributed by atoms with Crippen LogP contribution in [0.3, 0.4) is 0 Å². The molecule has 0 atom stereocenters. The Balaban J connectivity index is 1.84. The van der Waals surface area contributed by atoms with Crippen molar-refractivity contribution in [3.05, 3.63) is 18.1 Å². The molecule has 5 heteroatoms. The smallest absolute Gasteiger partial charge is 0.223 e. The normalized spacial score (nSPS) is 23.4. The molecule has 1 aliphatic carbocycles. The summed E-state index contributed by atoms with van der Waals surface area (Å²) >= 11 is 0. The van der Waals surface area contributed by atoms with Gasteiger partial charge in [0.05, 0.1) is 0 Å². The topological polar surface area (TPSA) is 66.9 Å². The van der Waals surface area contributed by atoms with Crippen LogP contribution >= 0.6 is 0 Å². The number of carbonyl (C=O) groups is 1. The zero-order valence-electron chi connectivity index (χ0n) is 9.53. The van der Waals surface area contributed by atoms with Gasteiger partial charge >= 0.3 is 0 Å². The first-order valence-electron chi connectivity index (χ1n) is 5.46. The molecule has 1 aromatic rings. The average Bonchev–Trinajstić information content (AvgIpc) is 2.22. The second kappa shape index (κ2) is 4.47. The van der Waals surface area contributed by atoms with E-state index in [2.05, 4.69) is 20.6 Å². The fourth-order valence-electron chi connectivity index (χ4n) is 1.90. The van der Waals surface area contributed by atoms with E-state index in [4.69, 9.17) is 0 Å². The average molecular weight is 220 g/mol. The van der Waals surface area contributed by atoms with Gasteiger partial charge in [0.1, 0.15) is 12.1 Å². The number of hydrogen-bond donors (Lipinski definition) is 2. The first kappa shape index (κ1) is 10.9. The molecule has 1 aliphatic rings. The van der Waals surface area contributed by atoms with Crippen LogP contribution in [-0.2, 0) is 4.79 Å². The van der Waals surface area contributed by atoms with Gasteiger partial charge in [-0.3, -0.25) is 4.79 Å². The molecule has 0 radical (unpaired) electrons. The van der Waals surface area contributed by atoms with Crippen molar-refractivity contribution >= 4 is 11.7 Å². The third-order valence-corrected chi connectivity index (χ3v) is 2.91. The number of hydrogen-bond acceptors (Lipinski definition) is 4. The summed E-state index contributed by atoms with van der Waals surface area (Å²) < 4.78 is 0. The molecule has 0 unspecified atom stereocenters. The van der Waals surface area contributed by atoms with Crippen LogP contribution in [-0.4, -0.2) is 29.0 Å². The molecule has 2 rings (SSSR count). The van der Waals surface area contributed by atoms with Crippen molar-refractivity contribution in [3.63, 3.8) is 0 Å². The van der Waals surface area contributed by atoms with Gasteiger partial charge in [-0.15, -0.1) is 0 Å². The van der Waals surface area contributed by atoms with Crippen molar-refractivity contribution in [3.8, 4) is 0 Å². The van der Waals surface area contributed by atoms with Gasteiger partial charge in [0.25, 0.3) is 0 Å². The van der Waals surface area contributed by atoms with E-state index in [9.17, 15) is 4.79 Å². The molecule has 1 fully saturated rings. The molecule has 0 aliphatic heterocycles. The molecule has 0 aromatic carbocycles. The Morgan fingerprint density at radius 1 is 1.44 bits per heavy atom. The van der Waals surface area contributed by atoms with E-state index in [0.29, 0.717) is 6.04 Å². The molecule has 1 aromatic heterocycles. The van der Waals surface area contributed by atoms with Crippen molar-refractivity contribution in [1.82, 2.24) is 15.3 Å². The highest BCUT2D eigenvalue weighted by molar-refractivity contribution is 5.79. The second-order valence-corrected chi connectivity index (χ2v) is 4.17. The van der Waals surface area contributed by atoms with E-state index < -0.39 is 0 Å². The molecular formula is C11H16N4O. The first-order chi connectivity index (χ1) is 7.69. The van der Waals surface area contributed by atoms with Crippen LogP contribution in [0.2, 0.25) is 0 Å². The minimum atomic E-state index is 0.136. The van der Waals surface area contributed by atoms with Crippen LogP contribution < -0.4 is 10.6 Å². The Morgan fingerprint density at radius 2 is 2.19 bits per heavy atom. The largest absolute Gasteiger partial charge is 0.367 e. The number of rotatable bonds is 3. The molecule has 0 spiro atoms. The van der Waals surface area contributed by atoms with Crippen molar-refractivity contribution < 1.29 is 4.79 Å². The SMILES string of the molecule is CNC(=O)[C@H]1C[C@@H](Nc2cc(C)ncn2)C1. The molecule has 5 nitrogen and oxygen atoms in total. The highest BCUT2D eigenvalue weighted by Gasteiger charge is 2.33. The van der Waals surface area contributed by atoms with Crippen molar-refractivity contribution in [1.29, 1.82) is 0 Å². The fourth-order valence-corrected chi connectivity index (χ4v) is 1.90. The Bertz CT molecular complexity index is 387. The molecule has 1 saturated carbocycles.